The van der Waals surface area contributed by atoms with Crippen molar-refractivity contribution in [2.75, 3.05) is 14.2 Å². The van der Waals surface area contributed by atoms with Gasteiger partial charge in [0, 0.05) is 16.3 Å². The van der Waals surface area contributed by atoms with Crippen LogP contribution in [0, 0.1) is 0 Å². The van der Waals surface area contributed by atoms with Crippen LogP contribution in [0.25, 0.3) is 21.8 Å². The second-order valence-electron chi connectivity index (χ2n) is 5.62. The smallest absolute Gasteiger partial charge is 0.328 e. The number of para-hydroxylation sites is 1. The van der Waals surface area contributed by atoms with E-state index in [1.807, 2.05) is 24.3 Å². The number of esters is 2. The molecule has 0 aliphatic carbocycles. The fourth-order valence-corrected chi connectivity index (χ4v) is 2.69. The molecule has 0 unspecified atom stereocenters. The maximum Gasteiger partial charge on any atom is 0.328 e. The van der Waals surface area contributed by atoms with Gasteiger partial charge in [0.15, 0.2) is 0 Å². The predicted molar refractivity (Wildman–Crippen MR) is 93.5 cm³/mol. The quantitative estimate of drug-likeness (QED) is 0.672. The monoisotopic (exact) mass is 355 g/mol. The van der Waals surface area contributed by atoms with Crippen molar-refractivity contribution in [2.24, 2.45) is 0 Å². The first-order chi connectivity index (χ1) is 12.5. The summed E-state index contributed by atoms with van der Waals surface area (Å²) in [5.74, 6) is -1.96. The number of pyridine rings is 1. The zero-order valence-corrected chi connectivity index (χ0v) is 14.2. The zero-order valence-electron chi connectivity index (χ0n) is 14.2. The molecule has 0 saturated carbocycles. The Bertz CT molecular complexity index is 995. The second-order valence-corrected chi connectivity index (χ2v) is 5.62. The Morgan fingerprint density at radius 2 is 1.88 bits per heavy atom. The number of hydrogen-bond acceptors (Lipinski definition) is 6. The maximum absolute atomic E-state index is 12.5. The van der Waals surface area contributed by atoms with Gasteiger partial charge in [-0.1, -0.05) is 18.2 Å². The van der Waals surface area contributed by atoms with Gasteiger partial charge in [0.2, 0.25) is 0 Å². The van der Waals surface area contributed by atoms with Crippen LogP contribution in [0.1, 0.15) is 16.9 Å². The number of rotatable bonds is 5. The molecule has 0 aliphatic rings. The van der Waals surface area contributed by atoms with Crippen molar-refractivity contribution in [2.45, 2.75) is 12.5 Å². The largest absolute Gasteiger partial charge is 0.469 e. The van der Waals surface area contributed by atoms with E-state index in [1.165, 1.54) is 14.2 Å². The van der Waals surface area contributed by atoms with Gasteiger partial charge in [-0.25, -0.2) is 9.78 Å². The molecule has 134 valence electrons. The second kappa shape index (κ2) is 7.22. The number of fused-ring (bicyclic) bond motifs is 3. The van der Waals surface area contributed by atoms with Gasteiger partial charge in [0.1, 0.15) is 11.7 Å². The average Bonchev–Trinajstić information content (AvgIpc) is 3.04. The highest BCUT2D eigenvalue weighted by Gasteiger charge is 2.26. The van der Waals surface area contributed by atoms with Crippen LogP contribution in [-0.2, 0) is 19.1 Å². The molecule has 0 fully saturated rings. The fourth-order valence-electron chi connectivity index (χ4n) is 2.69. The van der Waals surface area contributed by atoms with E-state index in [0.29, 0.717) is 0 Å². The minimum atomic E-state index is -1.15. The topological polar surface area (TPSA) is 110 Å². The Kier molecular flexibility index (Phi) is 4.83. The third kappa shape index (κ3) is 3.34. The molecule has 0 aliphatic heterocycles. The number of hydrogen-bond donors (Lipinski definition) is 2. The number of carbonyl (C=O) groups is 3. The molecular weight excluding hydrogens is 338 g/mol. The van der Waals surface area contributed by atoms with Gasteiger partial charge in [-0.05, 0) is 12.1 Å². The normalized spacial score (nSPS) is 11.9. The summed E-state index contributed by atoms with van der Waals surface area (Å²) in [4.78, 5) is 43.1. The van der Waals surface area contributed by atoms with E-state index < -0.39 is 23.9 Å². The number of methoxy groups -OCH3 is 2. The summed E-state index contributed by atoms with van der Waals surface area (Å²) in [6.07, 6.45) is 1.22. The summed E-state index contributed by atoms with van der Waals surface area (Å²) in [6, 6.07) is 8.16. The molecule has 1 amide bonds. The Labute approximate surface area is 148 Å². The Hall–Kier alpha value is -3.42. The van der Waals surface area contributed by atoms with Crippen molar-refractivity contribution >= 4 is 39.7 Å². The number of carbonyl (C=O) groups excluding carboxylic acids is 3. The lowest BCUT2D eigenvalue weighted by Gasteiger charge is -2.15. The van der Waals surface area contributed by atoms with E-state index in [0.717, 1.165) is 21.8 Å². The van der Waals surface area contributed by atoms with E-state index in [4.69, 9.17) is 0 Å². The van der Waals surface area contributed by atoms with Crippen molar-refractivity contribution < 1.29 is 23.9 Å². The Morgan fingerprint density at radius 1 is 1.12 bits per heavy atom. The van der Waals surface area contributed by atoms with Gasteiger partial charge in [-0.2, -0.15) is 0 Å². The maximum atomic E-state index is 12.5. The number of benzene rings is 1. The lowest BCUT2D eigenvalue weighted by molar-refractivity contribution is -0.149. The van der Waals surface area contributed by atoms with Crippen molar-refractivity contribution in [3.05, 3.63) is 42.2 Å². The lowest BCUT2D eigenvalue weighted by Crippen LogP contribution is -2.43. The number of aromatic amines is 1. The van der Waals surface area contributed by atoms with Crippen LogP contribution >= 0.6 is 0 Å². The molecule has 0 bridgehead atoms. The van der Waals surface area contributed by atoms with Gasteiger partial charge in [-0.15, -0.1) is 0 Å². The van der Waals surface area contributed by atoms with E-state index in [1.54, 1.807) is 12.3 Å². The molecule has 26 heavy (non-hydrogen) atoms. The molecule has 1 atom stereocenters. The van der Waals surface area contributed by atoms with Gasteiger partial charge in [0.25, 0.3) is 5.91 Å². The van der Waals surface area contributed by atoms with Crippen LogP contribution in [-0.4, -0.2) is 48.1 Å². The van der Waals surface area contributed by atoms with Gasteiger partial charge < -0.3 is 19.8 Å². The molecule has 2 heterocycles. The van der Waals surface area contributed by atoms with Crippen molar-refractivity contribution in [1.82, 2.24) is 15.3 Å². The van der Waals surface area contributed by atoms with Crippen LogP contribution in [0.15, 0.2) is 36.5 Å². The van der Waals surface area contributed by atoms with Crippen LogP contribution in [0.5, 0.6) is 0 Å². The molecule has 1 aromatic carbocycles. The summed E-state index contributed by atoms with van der Waals surface area (Å²) >= 11 is 0. The Morgan fingerprint density at radius 3 is 2.62 bits per heavy atom. The molecule has 2 N–H and O–H groups in total. The van der Waals surface area contributed by atoms with Gasteiger partial charge in [0.05, 0.1) is 32.4 Å². The standard InChI is InChI=1S/C18H17N3O5/c1-25-16(22)8-14(18(24)26-2)21-17(23)13-7-11-10-5-3-4-6-12(10)20-15(11)9-19-13/h3-7,9,14,20H,8H2,1-2H3,(H,21,23)/t14-/m0/s1. The van der Waals surface area contributed by atoms with E-state index in [2.05, 4.69) is 24.8 Å². The third-order valence-corrected chi connectivity index (χ3v) is 4.01. The first-order valence-electron chi connectivity index (χ1n) is 7.85. The summed E-state index contributed by atoms with van der Waals surface area (Å²) in [7, 11) is 2.38. The number of nitrogens with zero attached hydrogens (tertiary/aromatic N) is 1. The van der Waals surface area contributed by atoms with Crippen molar-refractivity contribution in [3.63, 3.8) is 0 Å². The SMILES string of the molecule is COC(=O)C[C@H](NC(=O)c1cc2c(cn1)[nH]c1ccccc12)C(=O)OC. The zero-order chi connectivity index (χ0) is 18.7. The molecule has 2 aromatic heterocycles. The van der Waals surface area contributed by atoms with Gasteiger partial charge >= 0.3 is 11.9 Å². The highest BCUT2D eigenvalue weighted by Crippen LogP contribution is 2.25. The summed E-state index contributed by atoms with van der Waals surface area (Å²) < 4.78 is 9.16. The minimum absolute atomic E-state index is 0.126. The van der Waals surface area contributed by atoms with E-state index >= 15 is 0 Å². The third-order valence-electron chi connectivity index (χ3n) is 4.01. The van der Waals surface area contributed by atoms with Crippen LogP contribution < -0.4 is 5.32 Å². The number of ether oxygens (including phenoxy) is 2. The first kappa shape index (κ1) is 17.4. The van der Waals surface area contributed by atoms with Gasteiger partial charge in [-0.3, -0.25) is 9.59 Å². The highest BCUT2D eigenvalue weighted by atomic mass is 16.5. The number of H-pyrrole nitrogens is 1. The van der Waals surface area contributed by atoms with Crippen LogP contribution in [0.3, 0.4) is 0 Å². The summed E-state index contributed by atoms with van der Waals surface area (Å²) in [6.45, 7) is 0. The predicted octanol–water partition coefficient (Wildman–Crippen LogP) is 1.55. The minimum Gasteiger partial charge on any atom is -0.469 e. The van der Waals surface area contributed by atoms with E-state index in [-0.39, 0.29) is 12.1 Å². The van der Waals surface area contributed by atoms with Crippen LogP contribution in [0.2, 0.25) is 0 Å². The molecule has 0 radical (unpaired) electrons. The number of aromatic nitrogens is 2. The van der Waals surface area contributed by atoms with Crippen LogP contribution in [0.4, 0.5) is 0 Å². The Balaban J connectivity index is 1.89. The molecule has 8 heteroatoms. The average molecular weight is 355 g/mol. The molecular formula is C18H17N3O5. The molecule has 0 saturated heterocycles. The molecule has 8 nitrogen and oxygen atoms in total. The molecule has 3 aromatic rings. The summed E-state index contributed by atoms with van der Waals surface area (Å²) in [5.41, 5.74) is 1.85. The molecule has 3 rings (SSSR count). The van der Waals surface area contributed by atoms with Crippen molar-refractivity contribution in [3.8, 4) is 0 Å². The number of nitrogens with one attached hydrogen (secondary N) is 2. The lowest BCUT2D eigenvalue weighted by atomic mass is 10.1. The highest BCUT2D eigenvalue weighted by molar-refractivity contribution is 6.09. The fraction of sp³-hybridized carbons (Fsp3) is 0.222. The summed E-state index contributed by atoms with van der Waals surface area (Å²) in [5, 5.41) is 4.26. The molecule has 0 spiro atoms. The first-order valence-corrected chi connectivity index (χ1v) is 7.85. The van der Waals surface area contributed by atoms with Crippen molar-refractivity contribution in [1.29, 1.82) is 0 Å². The van der Waals surface area contributed by atoms with E-state index in [9.17, 15) is 14.4 Å². The number of amides is 1.